The molecule has 0 spiro atoms. The molecule has 1 aromatic carbocycles. The fourth-order valence-corrected chi connectivity index (χ4v) is 4.27. The van der Waals surface area contributed by atoms with Crippen LogP contribution in [0.3, 0.4) is 0 Å². The Morgan fingerprint density at radius 2 is 1.81 bits per heavy atom. The third-order valence-electron chi connectivity index (χ3n) is 4.32. The molecule has 1 N–H and O–H groups in total. The molecule has 0 radical (unpaired) electrons. The van der Waals surface area contributed by atoms with Crippen molar-refractivity contribution in [3.63, 3.8) is 0 Å². The van der Waals surface area contributed by atoms with E-state index < -0.39 is 21.9 Å². The number of nitrogens with one attached hydrogen (secondary N) is 1. The quantitative estimate of drug-likeness (QED) is 0.585. The zero-order chi connectivity index (χ0) is 23.2. The lowest BCUT2D eigenvalue weighted by Crippen LogP contribution is -2.30. The molecule has 1 aromatic heterocycles. The van der Waals surface area contributed by atoms with E-state index in [1.807, 2.05) is 13.8 Å². The number of benzene rings is 1. The van der Waals surface area contributed by atoms with E-state index in [2.05, 4.69) is 15.0 Å². The van der Waals surface area contributed by atoms with Gasteiger partial charge < -0.3 is 14.8 Å². The van der Waals surface area contributed by atoms with Crippen molar-refractivity contribution >= 4 is 27.6 Å². The predicted octanol–water partition coefficient (Wildman–Crippen LogP) is 2.94. The number of anilines is 1. The number of nitrogens with zero attached hydrogens (tertiary/aromatic N) is 2. The predicted molar refractivity (Wildman–Crippen MR) is 116 cm³/mol. The molecule has 10 heteroatoms. The number of carbonyl (C=O) groups is 2. The molecular weight excluding hydrogens is 422 g/mol. The number of aromatic nitrogens is 1. The maximum absolute atomic E-state index is 12.9. The third kappa shape index (κ3) is 5.80. The highest BCUT2D eigenvalue weighted by Gasteiger charge is 2.24. The first-order chi connectivity index (χ1) is 14.6. The van der Waals surface area contributed by atoms with Gasteiger partial charge in [0.15, 0.2) is 0 Å². The fourth-order valence-electron chi connectivity index (χ4n) is 2.79. The first-order valence-electron chi connectivity index (χ1n) is 9.80. The molecule has 0 bridgehead atoms. The lowest BCUT2D eigenvalue weighted by atomic mass is 10.2. The van der Waals surface area contributed by atoms with Gasteiger partial charge in [-0.25, -0.2) is 13.2 Å². The summed E-state index contributed by atoms with van der Waals surface area (Å²) in [6.45, 7) is 7.79. The highest BCUT2D eigenvalue weighted by Crippen LogP contribution is 2.30. The van der Waals surface area contributed by atoms with Crippen LogP contribution in [0.5, 0.6) is 5.75 Å². The SMILES string of the molecule is CCN(CC)S(=O)(=O)c1ccc(OC(C)C)c(NC(=O)c2ccc(C(=O)OC)cn2)c1. The summed E-state index contributed by atoms with van der Waals surface area (Å²) in [5.41, 5.74) is 0.445. The van der Waals surface area contributed by atoms with Crippen LogP contribution >= 0.6 is 0 Å². The Morgan fingerprint density at radius 3 is 2.32 bits per heavy atom. The maximum atomic E-state index is 12.9. The van der Waals surface area contributed by atoms with Crippen molar-refractivity contribution in [2.45, 2.75) is 38.7 Å². The number of pyridine rings is 1. The maximum Gasteiger partial charge on any atom is 0.339 e. The standard InChI is InChI=1S/C21H27N3O6S/c1-6-24(7-2)31(27,28)16-9-11-19(30-14(3)4)18(12-16)23-20(25)17-10-8-15(13-22-17)21(26)29-5/h8-14H,6-7H2,1-5H3,(H,23,25). The number of ether oxygens (including phenoxy) is 2. The molecule has 0 aliphatic rings. The van der Waals surface area contributed by atoms with Gasteiger partial charge in [-0.1, -0.05) is 13.8 Å². The van der Waals surface area contributed by atoms with Gasteiger partial charge in [0.2, 0.25) is 10.0 Å². The van der Waals surface area contributed by atoms with Crippen LogP contribution in [0.1, 0.15) is 48.5 Å². The fraction of sp³-hybridized carbons (Fsp3) is 0.381. The van der Waals surface area contributed by atoms with Crippen molar-refractivity contribution in [2.24, 2.45) is 0 Å². The Morgan fingerprint density at radius 1 is 1.13 bits per heavy atom. The molecule has 0 atom stereocenters. The van der Waals surface area contributed by atoms with Crippen molar-refractivity contribution in [3.05, 3.63) is 47.8 Å². The second kappa shape index (κ2) is 10.4. The van der Waals surface area contributed by atoms with Crippen molar-refractivity contribution in [2.75, 3.05) is 25.5 Å². The molecule has 9 nitrogen and oxygen atoms in total. The zero-order valence-electron chi connectivity index (χ0n) is 18.2. The van der Waals surface area contributed by atoms with E-state index in [1.54, 1.807) is 13.8 Å². The Labute approximate surface area is 182 Å². The molecule has 0 aliphatic carbocycles. The normalized spacial score (nSPS) is 11.5. The minimum atomic E-state index is -3.73. The van der Waals surface area contributed by atoms with E-state index in [1.165, 1.54) is 47.9 Å². The highest BCUT2D eigenvalue weighted by molar-refractivity contribution is 7.89. The molecule has 168 valence electrons. The average Bonchev–Trinajstić information content (AvgIpc) is 2.74. The van der Waals surface area contributed by atoms with Crippen LogP contribution in [-0.4, -0.2) is 55.9 Å². The molecule has 2 rings (SSSR count). The summed E-state index contributed by atoms with van der Waals surface area (Å²) in [6, 6.07) is 7.12. The lowest BCUT2D eigenvalue weighted by Gasteiger charge is -2.20. The topological polar surface area (TPSA) is 115 Å². The highest BCUT2D eigenvalue weighted by atomic mass is 32.2. The van der Waals surface area contributed by atoms with Crippen LogP contribution < -0.4 is 10.1 Å². The first kappa shape index (κ1) is 24.3. The van der Waals surface area contributed by atoms with Gasteiger partial charge in [-0.15, -0.1) is 0 Å². The summed E-state index contributed by atoms with van der Waals surface area (Å²) in [6.07, 6.45) is 1.03. The number of esters is 1. The lowest BCUT2D eigenvalue weighted by molar-refractivity contribution is 0.0600. The van der Waals surface area contributed by atoms with Gasteiger partial charge in [-0.2, -0.15) is 4.31 Å². The van der Waals surface area contributed by atoms with Crippen molar-refractivity contribution in [3.8, 4) is 5.75 Å². The first-order valence-corrected chi connectivity index (χ1v) is 11.2. The number of amides is 1. The minimum absolute atomic E-state index is 0.0385. The van der Waals surface area contributed by atoms with Gasteiger partial charge in [-0.05, 0) is 44.2 Å². The molecule has 1 amide bonds. The van der Waals surface area contributed by atoms with Gasteiger partial charge in [0.05, 0.1) is 29.4 Å². The van der Waals surface area contributed by atoms with Crippen molar-refractivity contribution < 1.29 is 27.5 Å². The van der Waals surface area contributed by atoms with Crippen molar-refractivity contribution in [1.82, 2.24) is 9.29 Å². The monoisotopic (exact) mass is 449 g/mol. The summed E-state index contributed by atoms with van der Waals surface area (Å²) in [5.74, 6) is -0.822. The van der Waals surface area contributed by atoms with E-state index in [-0.39, 0.29) is 27.9 Å². The van der Waals surface area contributed by atoms with Gasteiger partial charge >= 0.3 is 5.97 Å². The number of hydrogen-bond acceptors (Lipinski definition) is 7. The molecule has 2 aromatic rings. The Bertz CT molecular complexity index is 1030. The number of rotatable bonds is 9. The number of carbonyl (C=O) groups excluding carboxylic acids is 2. The average molecular weight is 450 g/mol. The molecule has 31 heavy (non-hydrogen) atoms. The number of methoxy groups -OCH3 is 1. The summed E-state index contributed by atoms with van der Waals surface area (Å²) >= 11 is 0. The van der Waals surface area contributed by atoms with E-state index in [4.69, 9.17) is 4.74 Å². The molecule has 0 saturated carbocycles. The van der Waals surface area contributed by atoms with E-state index in [0.29, 0.717) is 18.8 Å². The Balaban J connectivity index is 2.40. The smallest absolute Gasteiger partial charge is 0.339 e. The largest absolute Gasteiger partial charge is 0.489 e. The van der Waals surface area contributed by atoms with Crippen LogP contribution in [0.25, 0.3) is 0 Å². The Hall–Kier alpha value is -2.98. The molecular formula is C21H27N3O6S. The number of sulfonamides is 1. The molecule has 0 aliphatic heterocycles. The van der Waals surface area contributed by atoms with Crippen LogP contribution in [0.2, 0.25) is 0 Å². The van der Waals surface area contributed by atoms with E-state index in [9.17, 15) is 18.0 Å². The van der Waals surface area contributed by atoms with Crippen molar-refractivity contribution in [1.29, 1.82) is 0 Å². The van der Waals surface area contributed by atoms with Crippen LogP contribution in [-0.2, 0) is 14.8 Å². The number of hydrogen-bond donors (Lipinski definition) is 1. The third-order valence-corrected chi connectivity index (χ3v) is 6.37. The van der Waals surface area contributed by atoms with Gasteiger partial charge in [-0.3, -0.25) is 9.78 Å². The Kier molecular flexibility index (Phi) is 8.12. The van der Waals surface area contributed by atoms with Crippen LogP contribution in [0, 0.1) is 0 Å². The van der Waals surface area contributed by atoms with Gasteiger partial charge in [0.1, 0.15) is 11.4 Å². The van der Waals surface area contributed by atoms with Gasteiger partial charge in [0.25, 0.3) is 5.91 Å². The molecule has 0 fully saturated rings. The van der Waals surface area contributed by atoms with E-state index >= 15 is 0 Å². The second-order valence-corrected chi connectivity index (χ2v) is 8.73. The molecule has 1 heterocycles. The molecule has 0 saturated heterocycles. The summed E-state index contributed by atoms with van der Waals surface area (Å²) in [5, 5.41) is 2.66. The van der Waals surface area contributed by atoms with Crippen LogP contribution in [0.4, 0.5) is 5.69 Å². The van der Waals surface area contributed by atoms with Gasteiger partial charge in [0, 0.05) is 19.3 Å². The van der Waals surface area contributed by atoms with E-state index in [0.717, 1.165) is 0 Å². The summed E-state index contributed by atoms with van der Waals surface area (Å²) < 4.78 is 37.4. The zero-order valence-corrected chi connectivity index (χ0v) is 19.0. The second-order valence-electron chi connectivity index (χ2n) is 6.79. The summed E-state index contributed by atoms with van der Waals surface area (Å²) in [7, 11) is -2.48. The van der Waals surface area contributed by atoms with Crippen LogP contribution in [0.15, 0.2) is 41.4 Å². The summed E-state index contributed by atoms with van der Waals surface area (Å²) in [4.78, 5) is 28.3. The molecule has 0 unspecified atom stereocenters. The minimum Gasteiger partial charge on any atom is -0.489 e.